The lowest BCUT2D eigenvalue weighted by atomic mass is 10.0. The lowest BCUT2D eigenvalue weighted by Crippen LogP contribution is -2.09. The molecule has 1 aromatic heterocycles. The summed E-state index contributed by atoms with van der Waals surface area (Å²) in [6.45, 7) is 5.55. The Balaban J connectivity index is 2.58. The molecule has 0 amide bonds. The number of aliphatic imine (C=N–C) groups is 1. The van der Waals surface area contributed by atoms with Crippen LogP contribution < -0.4 is 5.59 Å². The standard InChI is InChI=1S/C14H12BN3O/c1-3-9-7-10(11-5-6-14(15)18-17-11)13(19)8-12(9)16-4-2/h3-8,19H,1H2,2H3. The van der Waals surface area contributed by atoms with Crippen molar-refractivity contribution >= 4 is 31.4 Å². The molecule has 0 aliphatic carbocycles. The summed E-state index contributed by atoms with van der Waals surface area (Å²) in [5, 5.41) is 17.8. The zero-order valence-corrected chi connectivity index (χ0v) is 10.5. The smallest absolute Gasteiger partial charge is 0.144 e. The summed E-state index contributed by atoms with van der Waals surface area (Å²) in [4.78, 5) is 4.17. The molecule has 0 unspecified atom stereocenters. The first-order valence-corrected chi connectivity index (χ1v) is 5.73. The average Bonchev–Trinajstić information content (AvgIpc) is 2.41. The third-order valence-corrected chi connectivity index (χ3v) is 2.59. The summed E-state index contributed by atoms with van der Waals surface area (Å²) in [7, 11) is 5.49. The van der Waals surface area contributed by atoms with Gasteiger partial charge in [0.15, 0.2) is 0 Å². The number of phenols is 1. The first-order valence-electron chi connectivity index (χ1n) is 5.73. The summed E-state index contributed by atoms with van der Waals surface area (Å²) in [5.74, 6) is 0.0882. The number of aromatic hydroxyl groups is 1. The van der Waals surface area contributed by atoms with E-state index in [0.29, 0.717) is 22.5 Å². The molecular weight excluding hydrogens is 237 g/mol. The van der Waals surface area contributed by atoms with Crippen molar-refractivity contribution in [3.05, 3.63) is 36.4 Å². The number of hydrogen-bond donors (Lipinski definition) is 1. The van der Waals surface area contributed by atoms with Gasteiger partial charge < -0.3 is 5.11 Å². The van der Waals surface area contributed by atoms with Crippen LogP contribution in [0.15, 0.2) is 35.8 Å². The zero-order valence-electron chi connectivity index (χ0n) is 10.5. The van der Waals surface area contributed by atoms with Crippen LogP contribution in [-0.2, 0) is 0 Å². The molecule has 2 aromatic rings. The van der Waals surface area contributed by atoms with Gasteiger partial charge in [-0.15, -0.1) is 0 Å². The quantitative estimate of drug-likeness (QED) is 0.668. The molecule has 2 rings (SSSR count). The summed E-state index contributed by atoms with van der Waals surface area (Å²) in [6.07, 6.45) is 3.33. The molecule has 0 aliphatic heterocycles. The van der Waals surface area contributed by atoms with Gasteiger partial charge in [-0.2, -0.15) is 10.2 Å². The van der Waals surface area contributed by atoms with Crippen LogP contribution >= 0.6 is 0 Å². The fraction of sp³-hybridized carbons (Fsp3) is 0.0714. The van der Waals surface area contributed by atoms with Crippen LogP contribution in [0.25, 0.3) is 17.3 Å². The van der Waals surface area contributed by atoms with Crippen molar-refractivity contribution in [1.29, 1.82) is 0 Å². The van der Waals surface area contributed by atoms with Gasteiger partial charge in [0.05, 0.1) is 11.4 Å². The maximum atomic E-state index is 10.1. The largest absolute Gasteiger partial charge is 0.507 e. The fourth-order valence-corrected chi connectivity index (χ4v) is 1.70. The normalized spacial score (nSPS) is 10.8. The number of nitrogens with zero attached hydrogens (tertiary/aromatic N) is 3. The Hall–Kier alpha value is -2.43. The highest BCUT2D eigenvalue weighted by molar-refractivity contribution is 6.30. The van der Waals surface area contributed by atoms with Crippen molar-refractivity contribution in [3.8, 4) is 17.0 Å². The summed E-state index contributed by atoms with van der Waals surface area (Å²) in [6, 6.07) is 6.68. The van der Waals surface area contributed by atoms with Crippen molar-refractivity contribution in [1.82, 2.24) is 10.2 Å². The number of aromatic nitrogens is 2. The van der Waals surface area contributed by atoms with Gasteiger partial charge in [0.2, 0.25) is 0 Å². The molecule has 1 heterocycles. The Morgan fingerprint density at radius 3 is 2.68 bits per heavy atom. The van der Waals surface area contributed by atoms with E-state index in [1.165, 1.54) is 0 Å². The van der Waals surface area contributed by atoms with Crippen LogP contribution in [0.3, 0.4) is 0 Å². The first kappa shape index (κ1) is 13.0. The van der Waals surface area contributed by atoms with Crippen LogP contribution in [0.1, 0.15) is 12.5 Å². The van der Waals surface area contributed by atoms with Crippen molar-refractivity contribution in [2.45, 2.75) is 6.92 Å². The highest BCUT2D eigenvalue weighted by atomic mass is 16.3. The lowest BCUT2D eigenvalue weighted by molar-refractivity contribution is 0.477. The van der Waals surface area contributed by atoms with Crippen LogP contribution in [0, 0.1) is 0 Å². The van der Waals surface area contributed by atoms with E-state index in [1.54, 1.807) is 36.6 Å². The number of rotatable bonds is 3. The SMILES string of the molecule is [B]c1ccc(-c2cc(C=C)c(N=CC)cc2O)nn1. The van der Waals surface area contributed by atoms with Crippen molar-refractivity contribution in [3.63, 3.8) is 0 Å². The topological polar surface area (TPSA) is 58.4 Å². The predicted molar refractivity (Wildman–Crippen MR) is 78.4 cm³/mol. The summed E-state index contributed by atoms with van der Waals surface area (Å²) in [5.41, 5.74) is 2.91. The molecule has 19 heavy (non-hydrogen) atoms. The lowest BCUT2D eigenvalue weighted by Gasteiger charge is -2.08. The second-order valence-corrected chi connectivity index (χ2v) is 3.86. The second kappa shape index (κ2) is 5.48. The molecule has 0 aliphatic rings. The van der Waals surface area contributed by atoms with Gasteiger partial charge in [-0.25, -0.2) is 0 Å². The summed E-state index contributed by atoms with van der Waals surface area (Å²) < 4.78 is 0. The molecule has 0 bridgehead atoms. The van der Waals surface area contributed by atoms with Gasteiger partial charge in [0, 0.05) is 29.0 Å². The molecule has 0 saturated carbocycles. The van der Waals surface area contributed by atoms with E-state index in [2.05, 4.69) is 21.8 Å². The van der Waals surface area contributed by atoms with Crippen LogP contribution in [0.5, 0.6) is 5.75 Å². The third kappa shape index (κ3) is 2.70. The third-order valence-electron chi connectivity index (χ3n) is 2.59. The van der Waals surface area contributed by atoms with Crippen LogP contribution in [0.4, 0.5) is 5.69 Å². The van der Waals surface area contributed by atoms with Gasteiger partial charge >= 0.3 is 0 Å². The maximum Gasteiger partial charge on any atom is 0.144 e. The molecule has 0 saturated heterocycles. The van der Waals surface area contributed by atoms with Crippen LogP contribution in [-0.4, -0.2) is 29.4 Å². The average molecular weight is 249 g/mol. The minimum absolute atomic E-state index is 0.0882. The zero-order chi connectivity index (χ0) is 13.8. The highest BCUT2D eigenvalue weighted by Gasteiger charge is 2.10. The fourth-order valence-electron chi connectivity index (χ4n) is 1.70. The monoisotopic (exact) mass is 249 g/mol. The summed E-state index contributed by atoms with van der Waals surface area (Å²) >= 11 is 0. The Morgan fingerprint density at radius 1 is 1.32 bits per heavy atom. The Labute approximate surface area is 113 Å². The Bertz CT molecular complexity index is 636. The molecule has 0 atom stereocenters. The molecule has 2 radical (unpaired) electrons. The molecule has 4 nitrogen and oxygen atoms in total. The molecule has 0 spiro atoms. The van der Waals surface area contributed by atoms with E-state index < -0.39 is 0 Å². The van der Waals surface area contributed by atoms with E-state index in [0.717, 1.165) is 5.56 Å². The van der Waals surface area contributed by atoms with Crippen LogP contribution in [0.2, 0.25) is 0 Å². The molecule has 1 N–H and O–H groups in total. The van der Waals surface area contributed by atoms with Gasteiger partial charge in [-0.1, -0.05) is 12.7 Å². The molecule has 0 fully saturated rings. The highest BCUT2D eigenvalue weighted by Crippen LogP contribution is 2.34. The minimum Gasteiger partial charge on any atom is -0.507 e. The second-order valence-electron chi connectivity index (χ2n) is 3.86. The molecule has 1 aromatic carbocycles. The van der Waals surface area contributed by atoms with E-state index >= 15 is 0 Å². The molecule has 92 valence electrons. The number of hydrogen-bond acceptors (Lipinski definition) is 4. The maximum absolute atomic E-state index is 10.1. The van der Waals surface area contributed by atoms with Gasteiger partial charge in [-0.3, -0.25) is 4.99 Å². The van der Waals surface area contributed by atoms with E-state index in [9.17, 15) is 5.11 Å². The van der Waals surface area contributed by atoms with Gasteiger partial charge in [-0.05, 0) is 25.1 Å². The predicted octanol–water partition coefficient (Wildman–Crippen LogP) is 2.01. The Morgan fingerprint density at radius 2 is 2.11 bits per heavy atom. The van der Waals surface area contributed by atoms with E-state index in [1.807, 2.05) is 6.92 Å². The Kier molecular flexibility index (Phi) is 3.75. The van der Waals surface area contributed by atoms with Crippen molar-refractivity contribution in [2.75, 3.05) is 0 Å². The molecule has 5 heteroatoms. The molecular formula is C14H12BN3O. The van der Waals surface area contributed by atoms with Crippen molar-refractivity contribution < 1.29 is 5.11 Å². The van der Waals surface area contributed by atoms with E-state index in [4.69, 9.17) is 7.85 Å². The van der Waals surface area contributed by atoms with Crippen molar-refractivity contribution in [2.24, 2.45) is 4.99 Å². The number of benzene rings is 1. The van der Waals surface area contributed by atoms with Gasteiger partial charge in [0.1, 0.15) is 13.6 Å². The first-order chi connectivity index (χ1) is 9.15. The van der Waals surface area contributed by atoms with E-state index in [-0.39, 0.29) is 5.75 Å². The minimum atomic E-state index is 0.0882. The van der Waals surface area contributed by atoms with Gasteiger partial charge in [0.25, 0.3) is 0 Å². The number of phenolic OH excluding ortho intramolecular Hbond substituents is 1.